The van der Waals surface area contributed by atoms with Gasteiger partial charge in [0, 0.05) is 25.3 Å². The number of piperazine rings is 1. The highest BCUT2D eigenvalue weighted by Gasteiger charge is 2.44. The summed E-state index contributed by atoms with van der Waals surface area (Å²) in [4.78, 5) is 1.43. The molecule has 0 amide bonds. The molecule has 1 fully saturated rings. The van der Waals surface area contributed by atoms with Gasteiger partial charge in [-0.3, -0.25) is 0 Å². The molecular formula is C12H15F3N2. The first-order valence-corrected chi connectivity index (χ1v) is 5.59. The molecule has 1 aromatic carbocycles. The van der Waals surface area contributed by atoms with Crippen LogP contribution in [0.15, 0.2) is 24.3 Å². The first-order valence-electron chi connectivity index (χ1n) is 5.59. The van der Waals surface area contributed by atoms with Crippen LogP contribution in [0.3, 0.4) is 0 Å². The Morgan fingerprint density at radius 2 is 2.12 bits per heavy atom. The van der Waals surface area contributed by atoms with Crippen LogP contribution in [0.5, 0.6) is 0 Å². The molecule has 1 heterocycles. The van der Waals surface area contributed by atoms with Gasteiger partial charge in [-0.15, -0.1) is 0 Å². The minimum atomic E-state index is -4.20. The molecule has 1 aliphatic heterocycles. The zero-order chi connectivity index (χ0) is 12.5. The van der Waals surface area contributed by atoms with Crippen LogP contribution in [0, 0.1) is 6.92 Å². The Kier molecular flexibility index (Phi) is 3.28. The Balaban J connectivity index is 2.28. The molecule has 1 unspecified atom stereocenters. The summed E-state index contributed by atoms with van der Waals surface area (Å²) in [7, 11) is 0. The summed E-state index contributed by atoms with van der Waals surface area (Å²) < 4.78 is 38.7. The van der Waals surface area contributed by atoms with Gasteiger partial charge in [0.2, 0.25) is 0 Å². The lowest BCUT2D eigenvalue weighted by atomic mass is 10.1. The average Bonchev–Trinajstić information content (AvgIpc) is 2.28. The maximum Gasteiger partial charge on any atom is 0.409 e. The minimum absolute atomic E-state index is 0.0442. The Morgan fingerprint density at radius 1 is 1.35 bits per heavy atom. The van der Waals surface area contributed by atoms with Crippen LogP contribution in [0.1, 0.15) is 5.56 Å². The Bertz CT molecular complexity index is 390. The number of benzene rings is 1. The monoisotopic (exact) mass is 244 g/mol. The van der Waals surface area contributed by atoms with Gasteiger partial charge in [-0.05, 0) is 24.6 Å². The fourth-order valence-electron chi connectivity index (χ4n) is 2.11. The number of rotatable bonds is 1. The van der Waals surface area contributed by atoms with Crippen molar-refractivity contribution in [3.05, 3.63) is 29.8 Å². The first-order chi connectivity index (χ1) is 7.98. The SMILES string of the molecule is Cc1cccc(N2CCNCC2C(F)(F)F)c1. The van der Waals surface area contributed by atoms with E-state index < -0.39 is 12.2 Å². The standard InChI is InChI=1S/C12H15F3N2/c1-9-3-2-4-10(7-9)17-6-5-16-8-11(17)12(13,14)15/h2-4,7,11,16H,5-6,8H2,1H3. The van der Waals surface area contributed by atoms with Gasteiger partial charge in [-0.2, -0.15) is 13.2 Å². The first kappa shape index (κ1) is 12.2. The third kappa shape index (κ3) is 2.72. The quantitative estimate of drug-likeness (QED) is 0.815. The van der Waals surface area contributed by atoms with Gasteiger partial charge >= 0.3 is 6.18 Å². The van der Waals surface area contributed by atoms with Gasteiger partial charge in [0.1, 0.15) is 6.04 Å². The molecule has 0 bridgehead atoms. The highest BCUT2D eigenvalue weighted by Crippen LogP contribution is 2.30. The Morgan fingerprint density at radius 3 is 2.76 bits per heavy atom. The molecule has 5 heteroatoms. The number of anilines is 1. The lowest BCUT2D eigenvalue weighted by molar-refractivity contribution is -0.149. The second-order valence-electron chi connectivity index (χ2n) is 4.29. The van der Waals surface area contributed by atoms with Gasteiger partial charge in [0.15, 0.2) is 0 Å². The number of alkyl halides is 3. The maximum absolute atomic E-state index is 12.9. The third-order valence-corrected chi connectivity index (χ3v) is 2.95. The van der Waals surface area contributed by atoms with Crippen molar-refractivity contribution in [1.29, 1.82) is 0 Å². The normalized spacial score (nSPS) is 21.6. The molecule has 1 aliphatic rings. The molecule has 1 atom stereocenters. The van der Waals surface area contributed by atoms with Crippen LogP contribution < -0.4 is 10.2 Å². The highest BCUT2D eigenvalue weighted by atomic mass is 19.4. The molecule has 0 radical (unpaired) electrons. The summed E-state index contributed by atoms with van der Waals surface area (Å²) in [6.45, 7) is 2.81. The van der Waals surface area contributed by atoms with Crippen molar-refractivity contribution in [2.45, 2.75) is 19.1 Å². The van der Waals surface area contributed by atoms with Crippen LogP contribution in [-0.2, 0) is 0 Å². The van der Waals surface area contributed by atoms with Gasteiger partial charge in [0.25, 0.3) is 0 Å². The van der Waals surface area contributed by atoms with E-state index in [9.17, 15) is 13.2 Å². The molecule has 94 valence electrons. The van der Waals surface area contributed by atoms with Crippen LogP contribution in [0.2, 0.25) is 0 Å². The molecule has 1 N–H and O–H groups in total. The van der Waals surface area contributed by atoms with Gasteiger partial charge in [-0.1, -0.05) is 12.1 Å². The Hall–Kier alpha value is -1.23. The zero-order valence-corrected chi connectivity index (χ0v) is 9.59. The molecule has 0 aliphatic carbocycles. The largest absolute Gasteiger partial charge is 0.409 e. The van der Waals surface area contributed by atoms with Crippen LogP contribution >= 0.6 is 0 Å². The molecule has 0 spiro atoms. The summed E-state index contributed by atoms with van der Waals surface area (Å²) >= 11 is 0. The van der Waals surface area contributed by atoms with E-state index in [-0.39, 0.29) is 6.54 Å². The van der Waals surface area contributed by atoms with E-state index in [4.69, 9.17) is 0 Å². The highest BCUT2D eigenvalue weighted by molar-refractivity contribution is 5.50. The summed E-state index contributed by atoms with van der Waals surface area (Å²) in [5.41, 5.74) is 1.62. The van der Waals surface area contributed by atoms with Crippen molar-refractivity contribution in [3.8, 4) is 0 Å². The molecule has 1 aromatic rings. The predicted molar refractivity (Wildman–Crippen MR) is 61.2 cm³/mol. The number of hydrogen-bond acceptors (Lipinski definition) is 2. The number of nitrogens with one attached hydrogen (secondary N) is 1. The third-order valence-electron chi connectivity index (χ3n) is 2.95. The van der Waals surface area contributed by atoms with E-state index in [1.54, 1.807) is 18.2 Å². The van der Waals surface area contributed by atoms with E-state index in [0.717, 1.165) is 5.56 Å². The number of halogens is 3. The van der Waals surface area contributed by atoms with Crippen molar-refractivity contribution < 1.29 is 13.2 Å². The van der Waals surface area contributed by atoms with Crippen LogP contribution in [-0.4, -0.2) is 31.9 Å². The van der Waals surface area contributed by atoms with Crippen LogP contribution in [0.25, 0.3) is 0 Å². The van der Waals surface area contributed by atoms with E-state index in [0.29, 0.717) is 18.8 Å². The van der Waals surface area contributed by atoms with Gasteiger partial charge in [-0.25, -0.2) is 0 Å². The van der Waals surface area contributed by atoms with Crippen molar-refractivity contribution in [1.82, 2.24) is 5.32 Å². The Labute approximate surface area is 98.4 Å². The van der Waals surface area contributed by atoms with Gasteiger partial charge < -0.3 is 10.2 Å². The number of aryl methyl sites for hydroxylation is 1. The summed E-state index contributed by atoms with van der Waals surface area (Å²) in [5, 5.41) is 2.79. The van der Waals surface area contributed by atoms with Crippen molar-refractivity contribution in [2.75, 3.05) is 24.5 Å². The summed E-state index contributed by atoms with van der Waals surface area (Å²) in [6.07, 6.45) is -4.20. The number of nitrogens with zero attached hydrogens (tertiary/aromatic N) is 1. The van der Waals surface area contributed by atoms with Gasteiger partial charge in [0.05, 0.1) is 0 Å². The molecular weight excluding hydrogens is 229 g/mol. The minimum Gasteiger partial charge on any atom is -0.357 e. The predicted octanol–water partition coefficient (Wildman–Crippen LogP) is 2.34. The smallest absolute Gasteiger partial charge is 0.357 e. The lowest BCUT2D eigenvalue weighted by Crippen LogP contribution is -2.58. The maximum atomic E-state index is 12.9. The molecule has 2 rings (SSSR count). The van der Waals surface area contributed by atoms with Crippen molar-refractivity contribution >= 4 is 5.69 Å². The summed E-state index contributed by atoms with van der Waals surface area (Å²) in [5.74, 6) is 0. The average molecular weight is 244 g/mol. The molecule has 0 saturated carbocycles. The van der Waals surface area contributed by atoms with Crippen LogP contribution in [0.4, 0.5) is 18.9 Å². The molecule has 1 saturated heterocycles. The van der Waals surface area contributed by atoms with E-state index in [2.05, 4.69) is 5.32 Å². The van der Waals surface area contributed by atoms with E-state index >= 15 is 0 Å². The second-order valence-corrected chi connectivity index (χ2v) is 4.29. The topological polar surface area (TPSA) is 15.3 Å². The fraction of sp³-hybridized carbons (Fsp3) is 0.500. The van der Waals surface area contributed by atoms with Crippen molar-refractivity contribution in [2.24, 2.45) is 0 Å². The van der Waals surface area contributed by atoms with Crippen molar-refractivity contribution in [3.63, 3.8) is 0 Å². The lowest BCUT2D eigenvalue weighted by Gasteiger charge is -2.38. The fourth-order valence-corrected chi connectivity index (χ4v) is 2.11. The van der Waals surface area contributed by atoms with E-state index in [1.165, 1.54) is 4.90 Å². The zero-order valence-electron chi connectivity index (χ0n) is 9.59. The number of hydrogen-bond donors (Lipinski definition) is 1. The molecule has 0 aromatic heterocycles. The molecule has 2 nitrogen and oxygen atoms in total. The summed E-state index contributed by atoms with van der Waals surface area (Å²) in [6, 6.07) is 5.77. The van der Waals surface area contributed by atoms with E-state index in [1.807, 2.05) is 13.0 Å². The second kappa shape index (κ2) is 4.56. The molecule has 17 heavy (non-hydrogen) atoms.